The lowest BCUT2D eigenvalue weighted by Crippen LogP contribution is -2.24. The van der Waals surface area contributed by atoms with Crippen LogP contribution >= 0.6 is 0 Å². The molecule has 0 bridgehead atoms. The van der Waals surface area contributed by atoms with E-state index in [1.165, 1.54) is 0 Å². The summed E-state index contributed by atoms with van der Waals surface area (Å²) < 4.78 is 0. The zero-order valence-electron chi connectivity index (χ0n) is 12.3. The van der Waals surface area contributed by atoms with Crippen LogP contribution in [0.2, 0.25) is 0 Å². The van der Waals surface area contributed by atoms with Crippen LogP contribution in [0.5, 0.6) is 0 Å². The quantitative estimate of drug-likeness (QED) is 0.818. The molecule has 0 aromatic heterocycles. The van der Waals surface area contributed by atoms with Gasteiger partial charge in [-0.25, -0.2) is 4.79 Å². The van der Waals surface area contributed by atoms with E-state index in [0.29, 0.717) is 18.9 Å². The first-order valence-corrected chi connectivity index (χ1v) is 7.36. The van der Waals surface area contributed by atoms with Gasteiger partial charge in [-0.15, -0.1) is 0 Å². The maximum absolute atomic E-state index is 12.0. The first kappa shape index (κ1) is 15.3. The van der Waals surface area contributed by atoms with Crippen LogP contribution < -0.4 is 0 Å². The minimum atomic E-state index is -0.955. The fraction of sp³-hybridized carbons (Fsp3) is 0.412. The van der Waals surface area contributed by atoms with Crippen LogP contribution in [0.25, 0.3) is 6.08 Å². The smallest absolute Gasteiger partial charge is 0.328 e. The Morgan fingerprint density at radius 2 is 2.10 bits per heavy atom. The number of aliphatic carboxylic acids is 1. The van der Waals surface area contributed by atoms with Crippen molar-refractivity contribution in [3.05, 3.63) is 41.5 Å². The molecule has 4 heteroatoms. The maximum Gasteiger partial charge on any atom is 0.328 e. The number of carboxylic acids is 1. The molecule has 4 nitrogen and oxygen atoms in total. The van der Waals surface area contributed by atoms with Crippen molar-refractivity contribution in [1.82, 2.24) is 4.90 Å². The Hall–Kier alpha value is -2.10. The second-order valence-electron chi connectivity index (χ2n) is 5.55. The van der Waals surface area contributed by atoms with Crippen molar-refractivity contribution in [2.45, 2.75) is 32.7 Å². The monoisotopic (exact) mass is 287 g/mol. The molecule has 2 rings (SSSR count). The van der Waals surface area contributed by atoms with Gasteiger partial charge in [0, 0.05) is 25.6 Å². The first-order chi connectivity index (χ1) is 10.1. The zero-order chi connectivity index (χ0) is 15.2. The Kier molecular flexibility index (Phi) is 5.14. The summed E-state index contributed by atoms with van der Waals surface area (Å²) in [5, 5.41) is 8.59. The van der Waals surface area contributed by atoms with E-state index >= 15 is 0 Å². The number of amides is 1. The van der Waals surface area contributed by atoms with Gasteiger partial charge in [-0.2, -0.15) is 0 Å². The lowest BCUT2D eigenvalue weighted by atomic mass is 10.0. The number of carbonyl (C=O) groups is 2. The highest BCUT2D eigenvalue weighted by molar-refractivity contribution is 5.85. The molecule has 1 aliphatic rings. The molecule has 1 aromatic carbocycles. The van der Waals surface area contributed by atoms with E-state index in [1.807, 2.05) is 29.2 Å². The van der Waals surface area contributed by atoms with Gasteiger partial charge in [-0.3, -0.25) is 4.79 Å². The molecule has 1 unspecified atom stereocenters. The van der Waals surface area contributed by atoms with E-state index in [9.17, 15) is 9.59 Å². The first-order valence-electron chi connectivity index (χ1n) is 7.36. The molecular weight excluding hydrogens is 266 g/mol. The van der Waals surface area contributed by atoms with Crippen LogP contribution in [0.3, 0.4) is 0 Å². The molecule has 1 aliphatic heterocycles. The summed E-state index contributed by atoms with van der Waals surface area (Å²) in [5.41, 5.74) is 1.92. The number of likely N-dealkylation sites (tertiary alicyclic amines) is 1. The molecule has 1 amide bonds. The van der Waals surface area contributed by atoms with Gasteiger partial charge in [-0.1, -0.05) is 37.6 Å². The Labute approximate surface area is 125 Å². The van der Waals surface area contributed by atoms with Gasteiger partial charge in [0.25, 0.3) is 0 Å². The van der Waals surface area contributed by atoms with Crippen molar-refractivity contribution < 1.29 is 14.7 Å². The average molecular weight is 287 g/mol. The van der Waals surface area contributed by atoms with E-state index in [4.69, 9.17) is 5.11 Å². The molecule has 1 aromatic rings. The van der Waals surface area contributed by atoms with E-state index in [0.717, 1.165) is 36.6 Å². The maximum atomic E-state index is 12.0. The fourth-order valence-electron chi connectivity index (χ4n) is 2.73. The lowest BCUT2D eigenvalue weighted by Gasteiger charge is -2.16. The second-order valence-corrected chi connectivity index (χ2v) is 5.55. The number of carbonyl (C=O) groups excluding carboxylic acids is 1. The minimum Gasteiger partial charge on any atom is -0.478 e. The van der Waals surface area contributed by atoms with Crippen molar-refractivity contribution in [2.24, 2.45) is 5.92 Å². The highest BCUT2D eigenvalue weighted by Crippen LogP contribution is 2.23. The Balaban J connectivity index is 1.94. The highest BCUT2D eigenvalue weighted by atomic mass is 16.4. The summed E-state index contributed by atoms with van der Waals surface area (Å²) in [7, 11) is 0. The summed E-state index contributed by atoms with van der Waals surface area (Å²) in [6, 6.07) is 7.64. The third-order valence-electron chi connectivity index (χ3n) is 3.76. The van der Waals surface area contributed by atoms with Crippen LogP contribution in [-0.2, 0) is 16.1 Å². The molecule has 0 aliphatic carbocycles. The number of hydrogen-bond donors (Lipinski definition) is 1. The van der Waals surface area contributed by atoms with Gasteiger partial charge in [0.2, 0.25) is 5.91 Å². The summed E-state index contributed by atoms with van der Waals surface area (Å²) in [5.74, 6) is -0.215. The predicted molar refractivity (Wildman–Crippen MR) is 81.5 cm³/mol. The van der Waals surface area contributed by atoms with Gasteiger partial charge in [0.1, 0.15) is 0 Å². The minimum absolute atomic E-state index is 0.239. The molecule has 1 fully saturated rings. The Morgan fingerprint density at radius 3 is 2.71 bits per heavy atom. The van der Waals surface area contributed by atoms with Gasteiger partial charge < -0.3 is 10.0 Å². The van der Waals surface area contributed by atoms with Gasteiger partial charge in [0.05, 0.1) is 0 Å². The molecule has 1 atom stereocenters. The number of nitrogens with zero attached hydrogens (tertiary/aromatic N) is 1. The standard InChI is InChI=1S/C17H21NO3/c1-2-3-15-10-16(19)18(12-15)11-14-6-4-13(5-7-14)8-9-17(20)21/h4-9,15H,2-3,10-12H2,1H3,(H,20,21)/b9-8+. The molecule has 1 saturated heterocycles. The topological polar surface area (TPSA) is 57.6 Å². The zero-order valence-corrected chi connectivity index (χ0v) is 12.3. The SMILES string of the molecule is CCCC1CC(=O)N(Cc2ccc(/C=C/C(=O)O)cc2)C1. The van der Waals surface area contributed by atoms with Crippen molar-refractivity contribution >= 4 is 18.0 Å². The van der Waals surface area contributed by atoms with Crippen molar-refractivity contribution in [1.29, 1.82) is 0 Å². The molecule has 0 radical (unpaired) electrons. The largest absolute Gasteiger partial charge is 0.478 e. The summed E-state index contributed by atoms with van der Waals surface area (Å²) in [4.78, 5) is 24.3. The fourth-order valence-corrected chi connectivity index (χ4v) is 2.73. The van der Waals surface area contributed by atoms with Gasteiger partial charge in [-0.05, 0) is 29.5 Å². The average Bonchev–Trinajstić information content (AvgIpc) is 2.78. The van der Waals surface area contributed by atoms with E-state index < -0.39 is 5.97 Å². The summed E-state index contributed by atoms with van der Waals surface area (Å²) in [6.07, 6.45) is 5.59. The predicted octanol–water partition coefficient (Wildman–Crippen LogP) is 2.93. The van der Waals surface area contributed by atoms with E-state index in [-0.39, 0.29) is 5.91 Å². The van der Waals surface area contributed by atoms with Gasteiger partial charge >= 0.3 is 5.97 Å². The van der Waals surface area contributed by atoms with E-state index in [1.54, 1.807) is 6.08 Å². The normalized spacial score (nSPS) is 18.6. The molecule has 21 heavy (non-hydrogen) atoms. The van der Waals surface area contributed by atoms with Crippen LogP contribution in [0.4, 0.5) is 0 Å². The lowest BCUT2D eigenvalue weighted by molar-refractivity contribution is -0.131. The third-order valence-corrected chi connectivity index (χ3v) is 3.76. The van der Waals surface area contributed by atoms with Crippen LogP contribution in [-0.4, -0.2) is 28.4 Å². The highest BCUT2D eigenvalue weighted by Gasteiger charge is 2.28. The summed E-state index contributed by atoms with van der Waals surface area (Å²) >= 11 is 0. The third kappa shape index (κ3) is 4.45. The number of benzene rings is 1. The Morgan fingerprint density at radius 1 is 1.38 bits per heavy atom. The molecule has 0 saturated carbocycles. The van der Waals surface area contributed by atoms with Gasteiger partial charge in [0.15, 0.2) is 0 Å². The number of rotatable bonds is 6. The van der Waals surface area contributed by atoms with Crippen LogP contribution in [0.15, 0.2) is 30.3 Å². The molecule has 112 valence electrons. The molecule has 1 N–H and O–H groups in total. The molecule has 1 heterocycles. The number of carboxylic acid groups (broad SMARTS) is 1. The van der Waals surface area contributed by atoms with E-state index in [2.05, 4.69) is 6.92 Å². The molecule has 0 spiro atoms. The van der Waals surface area contributed by atoms with Crippen molar-refractivity contribution in [2.75, 3.05) is 6.54 Å². The Bertz CT molecular complexity index is 533. The summed E-state index contributed by atoms with van der Waals surface area (Å²) in [6.45, 7) is 3.64. The second kappa shape index (κ2) is 7.07. The van der Waals surface area contributed by atoms with Crippen LogP contribution in [0.1, 0.15) is 37.3 Å². The van der Waals surface area contributed by atoms with Crippen molar-refractivity contribution in [3.8, 4) is 0 Å². The van der Waals surface area contributed by atoms with Crippen molar-refractivity contribution in [3.63, 3.8) is 0 Å². The molecular formula is C17H21NO3. The number of hydrogen-bond acceptors (Lipinski definition) is 2. The van der Waals surface area contributed by atoms with Crippen LogP contribution in [0, 0.1) is 5.92 Å².